The summed E-state index contributed by atoms with van der Waals surface area (Å²) in [6.45, 7) is 9.64. The summed E-state index contributed by atoms with van der Waals surface area (Å²) in [6.07, 6.45) is 4.16. The van der Waals surface area contributed by atoms with Crippen LogP contribution in [0.3, 0.4) is 0 Å². The highest BCUT2D eigenvalue weighted by molar-refractivity contribution is 7.15. The highest BCUT2D eigenvalue weighted by atomic mass is 32.1. The smallest absolute Gasteiger partial charge is 0.205 e. The van der Waals surface area contributed by atoms with Gasteiger partial charge >= 0.3 is 0 Å². The van der Waals surface area contributed by atoms with E-state index in [-0.39, 0.29) is 5.60 Å². The molecular formula is C14H25N3OS. The van der Waals surface area contributed by atoms with Crippen LogP contribution in [-0.4, -0.2) is 28.4 Å². The summed E-state index contributed by atoms with van der Waals surface area (Å²) in [5.41, 5.74) is 0.0152. The molecule has 1 saturated heterocycles. The Labute approximate surface area is 120 Å². The van der Waals surface area contributed by atoms with Crippen molar-refractivity contribution in [2.24, 2.45) is 5.92 Å². The number of hydrogen-bond acceptors (Lipinski definition) is 5. The van der Waals surface area contributed by atoms with Crippen LogP contribution in [0.1, 0.15) is 52.0 Å². The summed E-state index contributed by atoms with van der Waals surface area (Å²) in [7, 11) is 0. The Kier molecular flexibility index (Phi) is 4.79. The minimum Gasteiger partial charge on any atom is -0.375 e. The molecule has 0 radical (unpaired) electrons. The molecule has 0 aromatic carbocycles. The molecule has 0 saturated carbocycles. The Hall–Kier alpha value is -0.680. The SMILES string of the molecule is CCC1(C)CC(Nc2nnc(CC(C)C)s2)CCO1. The Morgan fingerprint density at radius 3 is 2.95 bits per heavy atom. The van der Waals surface area contributed by atoms with Crippen LogP contribution in [0, 0.1) is 5.92 Å². The molecule has 1 aliphatic rings. The van der Waals surface area contributed by atoms with E-state index >= 15 is 0 Å². The first-order valence-electron chi connectivity index (χ1n) is 7.23. The molecule has 0 aliphatic carbocycles. The number of anilines is 1. The second-order valence-corrected chi connectivity index (χ2v) is 7.15. The zero-order valence-electron chi connectivity index (χ0n) is 12.4. The Bertz CT molecular complexity index is 407. The molecule has 0 spiro atoms. The lowest BCUT2D eigenvalue weighted by Gasteiger charge is -2.37. The fourth-order valence-electron chi connectivity index (χ4n) is 2.42. The Morgan fingerprint density at radius 2 is 2.26 bits per heavy atom. The molecule has 1 aromatic heterocycles. The summed E-state index contributed by atoms with van der Waals surface area (Å²) < 4.78 is 5.87. The molecule has 0 bridgehead atoms. The summed E-state index contributed by atoms with van der Waals surface area (Å²) >= 11 is 1.69. The van der Waals surface area contributed by atoms with E-state index in [1.54, 1.807) is 11.3 Å². The van der Waals surface area contributed by atoms with E-state index in [1.165, 1.54) is 0 Å². The fraction of sp³-hybridized carbons (Fsp3) is 0.857. The molecular weight excluding hydrogens is 258 g/mol. The number of nitrogens with one attached hydrogen (secondary N) is 1. The quantitative estimate of drug-likeness (QED) is 0.898. The van der Waals surface area contributed by atoms with Gasteiger partial charge in [0, 0.05) is 19.1 Å². The van der Waals surface area contributed by atoms with Gasteiger partial charge < -0.3 is 10.1 Å². The number of rotatable bonds is 5. The molecule has 1 aliphatic heterocycles. The molecule has 2 unspecified atom stereocenters. The van der Waals surface area contributed by atoms with Crippen LogP contribution in [0.25, 0.3) is 0 Å². The maximum absolute atomic E-state index is 5.87. The van der Waals surface area contributed by atoms with Crippen LogP contribution in [0.5, 0.6) is 0 Å². The first kappa shape index (κ1) is 14.7. The average molecular weight is 283 g/mol. The fourth-order valence-corrected chi connectivity index (χ4v) is 3.45. The van der Waals surface area contributed by atoms with Crippen molar-refractivity contribution in [3.05, 3.63) is 5.01 Å². The van der Waals surface area contributed by atoms with E-state index in [2.05, 4.69) is 43.2 Å². The summed E-state index contributed by atoms with van der Waals surface area (Å²) in [4.78, 5) is 0. The van der Waals surface area contributed by atoms with Crippen molar-refractivity contribution in [1.29, 1.82) is 0 Å². The zero-order chi connectivity index (χ0) is 13.9. The van der Waals surface area contributed by atoms with Gasteiger partial charge in [0.25, 0.3) is 0 Å². The van der Waals surface area contributed by atoms with Gasteiger partial charge in [-0.2, -0.15) is 0 Å². The van der Waals surface area contributed by atoms with Crippen molar-refractivity contribution in [3.63, 3.8) is 0 Å². The number of aromatic nitrogens is 2. The van der Waals surface area contributed by atoms with Gasteiger partial charge in [0.15, 0.2) is 0 Å². The van der Waals surface area contributed by atoms with Gasteiger partial charge in [-0.15, -0.1) is 10.2 Å². The molecule has 0 amide bonds. The van der Waals surface area contributed by atoms with Crippen molar-refractivity contribution in [2.45, 2.75) is 65.0 Å². The molecule has 1 fully saturated rings. The highest BCUT2D eigenvalue weighted by Gasteiger charge is 2.31. The van der Waals surface area contributed by atoms with E-state index in [1.807, 2.05) is 0 Å². The lowest BCUT2D eigenvalue weighted by Crippen LogP contribution is -2.41. The molecule has 4 nitrogen and oxygen atoms in total. The van der Waals surface area contributed by atoms with Crippen LogP contribution in [0.4, 0.5) is 5.13 Å². The van der Waals surface area contributed by atoms with Gasteiger partial charge in [0.1, 0.15) is 5.01 Å². The predicted octanol–water partition coefficient (Wildman–Crippen LogP) is 3.50. The maximum atomic E-state index is 5.87. The summed E-state index contributed by atoms with van der Waals surface area (Å²) in [5.74, 6) is 0.632. The summed E-state index contributed by atoms with van der Waals surface area (Å²) in [5, 5.41) is 14.1. The Morgan fingerprint density at radius 1 is 1.47 bits per heavy atom. The van der Waals surface area contributed by atoms with E-state index in [0.29, 0.717) is 12.0 Å². The van der Waals surface area contributed by atoms with Gasteiger partial charge in [-0.1, -0.05) is 32.1 Å². The lowest BCUT2D eigenvalue weighted by molar-refractivity contribution is -0.0708. The van der Waals surface area contributed by atoms with Gasteiger partial charge in [0.2, 0.25) is 5.13 Å². The monoisotopic (exact) mass is 283 g/mol. The molecule has 2 heterocycles. The van der Waals surface area contributed by atoms with Gasteiger partial charge in [-0.05, 0) is 32.1 Å². The third-order valence-electron chi connectivity index (χ3n) is 3.72. The lowest BCUT2D eigenvalue weighted by atomic mass is 9.90. The molecule has 19 heavy (non-hydrogen) atoms. The van der Waals surface area contributed by atoms with Crippen LogP contribution >= 0.6 is 11.3 Å². The predicted molar refractivity (Wildman–Crippen MR) is 79.7 cm³/mol. The molecule has 2 rings (SSSR count). The van der Waals surface area contributed by atoms with Gasteiger partial charge in [0.05, 0.1) is 5.60 Å². The molecule has 108 valence electrons. The second-order valence-electron chi connectivity index (χ2n) is 6.08. The van der Waals surface area contributed by atoms with Gasteiger partial charge in [-0.3, -0.25) is 0 Å². The van der Waals surface area contributed by atoms with E-state index in [0.717, 1.165) is 42.4 Å². The van der Waals surface area contributed by atoms with Crippen LogP contribution in [0.15, 0.2) is 0 Å². The zero-order valence-corrected chi connectivity index (χ0v) is 13.2. The normalized spacial score (nSPS) is 27.7. The third-order valence-corrected chi connectivity index (χ3v) is 4.60. The average Bonchev–Trinajstić information content (AvgIpc) is 2.76. The Balaban J connectivity index is 1.91. The molecule has 1 N–H and O–H groups in total. The van der Waals surface area contributed by atoms with E-state index in [4.69, 9.17) is 4.74 Å². The van der Waals surface area contributed by atoms with Gasteiger partial charge in [-0.25, -0.2) is 0 Å². The minimum atomic E-state index is 0.0152. The summed E-state index contributed by atoms with van der Waals surface area (Å²) in [6, 6.07) is 0.457. The third kappa shape index (κ3) is 4.14. The number of nitrogens with zero attached hydrogens (tertiary/aromatic N) is 2. The number of hydrogen-bond donors (Lipinski definition) is 1. The first-order valence-corrected chi connectivity index (χ1v) is 8.05. The first-order chi connectivity index (χ1) is 9.00. The van der Waals surface area contributed by atoms with E-state index < -0.39 is 0 Å². The van der Waals surface area contributed by atoms with Crippen LogP contribution in [0.2, 0.25) is 0 Å². The van der Waals surface area contributed by atoms with Crippen molar-refractivity contribution in [1.82, 2.24) is 10.2 Å². The number of ether oxygens (including phenoxy) is 1. The maximum Gasteiger partial charge on any atom is 0.205 e. The van der Waals surface area contributed by atoms with Crippen LogP contribution < -0.4 is 5.32 Å². The van der Waals surface area contributed by atoms with Crippen molar-refractivity contribution >= 4 is 16.5 Å². The molecule has 1 aromatic rings. The van der Waals surface area contributed by atoms with E-state index in [9.17, 15) is 0 Å². The second kappa shape index (κ2) is 6.18. The minimum absolute atomic E-state index is 0.0152. The topological polar surface area (TPSA) is 47.0 Å². The van der Waals surface area contributed by atoms with Crippen molar-refractivity contribution in [3.8, 4) is 0 Å². The largest absolute Gasteiger partial charge is 0.375 e. The highest BCUT2D eigenvalue weighted by Crippen LogP contribution is 2.30. The van der Waals surface area contributed by atoms with Crippen molar-refractivity contribution < 1.29 is 4.74 Å². The van der Waals surface area contributed by atoms with Crippen LogP contribution in [-0.2, 0) is 11.2 Å². The molecule has 2 atom stereocenters. The van der Waals surface area contributed by atoms with Crippen molar-refractivity contribution in [2.75, 3.05) is 11.9 Å². The standard InChI is InChI=1S/C14H25N3OS/c1-5-14(4)9-11(6-7-18-14)15-13-17-16-12(19-13)8-10(2)3/h10-11H,5-9H2,1-4H3,(H,15,17). The molecule has 5 heteroatoms.